The van der Waals surface area contributed by atoms with Crippen LogP contribution in [0.15, 0.2) is 86.0 Å². The summed E-state index contributed by atoms with van der Waals surface area (Å²) in [6, 6.07) is 15.6. The first-order valence-electron chi connectivity index (χ1n) is 16.7. The number of carbonyl (C=O) groups is 4. The number of amides is 3. The second-order valence-electron chi connectivity index (χ2n) is 13.9. The third kappa shape index (κ3) is 6.98. The topological polar surface area (TPSA) is 125 Å². The van der Waals surface area contributed by atoms with Gasteiger partial charge in [-0.05, 0) is 44.7 Å². The molecule has 1 spiro atoms. The number of aliphatic hydroxyl groups excluding tert-OH is 1. The number of nitrogens with one attached hydrogen (secondary N) is 1. The molecule has 0 aliphatic carbocycles. The number of hydrogen-bond donors (Lipinski definition) is 2. The number of aliphatic hydroxyl groups is 1. The monoisotopic (exact) mass is 735 g/mol. The SMILES string of the molecule is C=CCCC(=O)OC[C@@H](NC(=O)[C@H]1[C@@H]2O[C@@]3(CC2Br)[C@@H]1C(=O)N([C@H](CO)c1ccccc1)[C@@H]3C(=O)N(CC=C)C(C)(C)C)c1ccccc1. The molecule has 11 heteroatoms. The van der Waals surface area contributed by atoms with Crippen LogP contribution in [-0.4, -0.2) is 86.5 Å². The van der Waals surface area contributed by atoms with E-state index in [1.807, 2.05) is 81.4 Å². The molecule has 0 radical (unpaired) electrons. The summed E-state index contributed by atoms with van der Waals surface area (Å²) in [5, 5.41) is 13.9. The number of allylic oxidation sites excluding steroid dienone is 1. The number of likely N-dealkylation sites (tertiary alicyclic amines) is 1. The van der Waals surface area contributed by atoms with Gasteiger partial charge in [0.05, 0.1) is 36.6 Å². The molecule has 262 valence electrons. The lowest BCUT2D eigenvalue weighted by Gasteiger charge is -2.43. The van der Waals surface area contributed by atoms with E-state index in [2.05, 4.69) is 34.4 Å². The summed E-state index contributed by atoms with van der Waals surface area (Å²) in [7, 11) is 0. The number of carbonyl (C=O) groups excluding carboxylic acids is 4. The number of rotatable bonds is 14. The van der Waals surface area contributed by atoms with E-state index in [-0.39, 0.29) is 30.3 Å². The van der Waals surface area contributed by atoms with Gasteiger partial charge in [-0.2, -0.15) is 0 Å². The second kappa shape index (κ2) is 15.0. The summed E-state index contributed by atoms with van der Waals surface area (Å²) in [5.74, 6) is -3.60. The van der Waals surface area contributed by atoms with E-state index >= 15 is 0 Å². The van der Waals surface area contributed by atoms with Crippen molar-refractivity contribution in [1.82, 2.24) is 15.1 Å². The highest BCUT2D eigenvalue weighted by Crippen LogP contribution is 2.61. The summed E-state index contributed by atoms with van der Waals surface area (Å²) in [6.07, 6.45) is 3.52. The zero-order valence-electron chi connectivity index (χ0n) is 28.3. The molecule has 3 saturated heterocycles. The molecule has 3 fully saturated rings. The molecule has 2 bridgehead atoms. The van der Waals surface area contributed by atoms with Crippen LogP contribution in [0.2, 0.25) is 0 Å². The maximum absolute atomic E-state index is 14.9. The highest BCUT2D eigenvalue weighted by molar-refractivity contribution is 9.09. The zero-order chi connectivity index (χ0) is 35.5. The smallest absolute Gasteiger partial charge is 0.306 e. The average molecular weight is 737 g/mol. The molecule has 3 aliphatic rings. The molecule has 1 unspecified atom stereocenters. The van der Waals surface area contributed by atoms with Gasteiger partial charge < -0.3 is 29.7 Å². The highest BCUT2D eigenvalue weighted by Gasteiger charge is 2.77. The van der Waals surface area contributed by atoms with Crippen LogP contribution in [0.3, 0.4) is 0 Å². The fraction of sp³-hybridized carbons (Fsp3) is 0.474. The van der Waals surface area contributed by atoms with E-state index in [1.54, 1.807) is 17.1 Å². The maximum atomic E-state index is 14.9. The lowest BCUT2D eigenvalue weighted by molar-refractivity contribution is -0.154. The van der Waals surface area contributed by atoms with Crippen molar-refractivity contribution in [3.05, 3.63) is 97.1 Å². The van der Waals surface area contributed by atoms with Crippen molar-refractivity contribution in [3.63, 3.8) is 0 Å². The lowest BCUT2D eigenvalue weighted by Crippen LogP contribution is -2.60. The van der Waals surface area contributed by atoms with Gasteiger partial charge in [0.15, 0.2) is 0 Å². The van der Waals surface area contributed by atoms with E-state index in [0.717, 1.165) is 5.56 Å². The van der Waals surface area contributed by atoms with Gasteiger partial charge in [-0.1, -0.05) is 88.7 Å². The number of benzene rings is 2. The van der Waals surface area contributed by atoms with Gasteiger partial charge in [0.2, 0.25) is 17.7 Å². The van der Waals surface area contributed by atoms with E-state index in [9.17, 15) is 24.3 Å². The van der Waals surface area contributed by atoms with Crippen LogP contribution >= 0.6 is 15.9 Å². The zero-order valence-corrected chi connectivity index (χ0v) is 29.9. The molecule has 2 aromatic carbocycles. The minimum Gasteiger partial charge on any atom is -0.463 e. The van der Waals surface area contributed by atoms with Crippen LogP contribution < -0.4 is 5.32 Å². The quantitative estimate of drug-likeness (QED) is 0.165. The Morgan fingerprint density at radius 2 is 1.73 bits per heavy atom. The summed E-state index contributed by atoms with van der Waals surface area (Å²) in [5.41, 5.74) is -0.597. The van der Waals surface area contributed by atoms with Crippen LogP contribution in [0.5, 0.6) is 0 Å². The Labute approximate surface area is 296 Å². The van der Waals surface area contributed by atoms with Crippen molar-refractivity contribution >= 4 is 39.6 Å². The molecule has 2 aromatic rings. The van der Waals surface area contributed by atoms with Crippen molar-refractivity contribution in [2.75, 3.05) is 19.8 Å². The number of halogens is 1. The van der Waals surface area contributed by atoms with E-state index in [4.69, 9.17) is 9.47 Å². The molecule has 5 rings (SSSR count). The third-order valence-corrected chi connectivity index (χ3v) is 10.7. The number of alkyl halides is 1. The Hall–Kier alpha value is -3.80. The Bertz CT molecular complexity index is 1550. The number of ether oxygens (including phenoxy) is 2. The first-order valence-corrected chi connectivity index (χ1v) is 17.6. The van der Waals surface area contributed by atoms with Gasteiger partial charge in [0.1, 0.15) is 18.2 Å². The fourth-order valence-electron chi connectivity index (χ4n) is 7.63. The number of hydrogen-bond acceptors (Lipinski definition) is 7. The van der Waals surface area contributed by atoms with Gasteiger partial charge in [0, 0.05) is 23.3 Å². The Kier molecular flexibility index (Phi) is 11.2. The largest absolute Gasteiger partial charge is 0.463 e. The first-order chi connectivity index (χ1) is 23.4. The summed E-state index contributed by atoms with van der Waals surface area (Å²) in [6.45, 7) is 12.9. The Balaban J connectivity index is 1.55. The fourth-order valence-corrected chi connectivity index (χ4v) is 8.57. The molecule has 3 heterocycles. The molecular formula is C38H46BrN3O7. The predicted octanol–water partition coefficient (Wildman–Crippen LogP) is 4.65. The van der Waals surface area contributed by atoms with E-state index in [0.29, 0.717) is 18.4 Å². The molecular weight excluding hydrogens is 690 g/mol. The summed E-state index contributed by atoms with van der Waals surface area (Å²) in [4.78, 5) is 59.4. The van der Waals surface area contributed by atoms with Gasteiger partial charge >= 0.3 is 5.97 Å². The second-order valence-corrected chi connectivity index (χ2v) is 15.1. The molecule has 8 atom stereocenters. The Morgan fingerprint density at radius 1 is 1.10 bits per heavy atom. The summed E-state index contributed by atoms with van der Waals surface area (Å²) >= 11 is 3.74. The van der Waals surface area contributed by atoms with Gasteiger partial charge in [0.25, 0.3) is 0 Å². The van der Waals surface area contributed by atoms with Crippen molar-refractivity contribution in [1.29, 1.82) is 0 Å². The third-order valence-electron chi connectivity index (χ3n) is 9.83. The predicted molar refractivity (Wildman–Crippen MR) is 188 cm³/mol. The normalized spacial score (nSPS) is 26.8. The molecule has 10 nitrogen and oxygen atoms in total. The van der Waals surface area contributed by atoms with Gasteiger partial charge in [-0.25, -0.2) is 0 Å². The molecule has 3 amide bonds. The van der Waals surface area contributed by atoms with Crippen LogP contribution in [-0.2, 0) is 28.7 Å². The maximum Gasteiger partial charge on any atom is 0.306 e. The van der Waals surface area contributed by atoms with Gasteiger partial charge in [-0.15, -0.1) is 13.2 Å². The molecule has 2 N–H and O–H groups in total. The molecule has 0 aromatic heterocycles. The number of esters is 1. The van der Waals surface area contributed by atoms with E-state index < -0.39 is 71.6 Å². The molecule has 0 saturated carbocycles. The van der Waals surface area contributed by atoms with Gasteiger partial charge in [-0.3, -0.25) is 19.2 Å². The van der Waals surface area contributed by atoms with Crippen LogP contribution in [0, 0.1) is 11.8 Å². The standard InChI is InChI=1S/C38H46BrN3O7/c1-6-8-19-29(44)48-23-27(24-15-11-9-12-16-24)40-34(45)30-31-35(46)42(28(22-43)25-17-13-10-14-18-25)33(38(31)21-26(39)32(30)49-38)36(47)41(20-7-2)37(3,4)5/h6-7,9-18,26-28,30-33,43H,1-2,8,19-23H2,3-5H3,(H,40,45)/t26?,27-,28-,30-,31+,32-,33-,38+/m1/s1. The van der Waals surface area contributed by atoms with E-state index in [1.165, 1.54) is 4.90 Å². The van der Waals surface area contributed by atoms with Crippen LogP contribution in [0.25, 0.3) is 0 Å². The van der Waals surface area contributed by atoms with Crippen LogP contribution in [0.4, 0.5) is 0 Å². The van der Waals surface area contributed by atoms with Crippen molar-refractivity contribution in [2.24, 2.45) is 11.8 Å². The first kappa shape index (κ1) is 36.5. The minimum atomic E-state index is -1.35. The Morgan fingerprint density at radius 3 is 2.31 bits per heavy atom. The molecule has 49 heavy (non-hydrogen) atoms. The number of nitrogens with zero attached hydrogens (tertiary/aromatic N) is 2. The minimum absolute atomic E-state index is 0.110. The molecule has 3 aliphatic heterocycles. The number of fused-ring (bicyclic) bond motifs is 1. The van der Waals surface area contributed by atoms with Crippen molar-refractivity contribution < 1.29 is 33.8 Å². The van der Waals surface area contributed by atoms with Crippen LogP contribution in [0.1, 0.15) is 63.2 Å². The van der Waals surface area contributed by atoms with Crippen molar-refractivity contribution in [3.8, 4) is 0 Å². The lowest BCUT2D eigenvalue weighted by atomic mass is 9.70. The summed E-state index contributed by atoms with van der Waals surface area (Å²) < 4.78 is 12.3. The average Bonchev–Trinajstić information content (AvgIpc) is 3.68. The highest BCUT2D eigenvalue weighted by atomic mass is 79.9. The van der Waals surface area contributed by atoms with Crippen molar-refractivity contribution in [2.45, 2.75) is 80.2 Å².